The van der Waals surface area contributed by atoms with E-state index in [0.717, 1.165) is 23.5 Å². The number of rotatable bonds is 5. The molecule has 19 heavy (non-hydrogen) atoms. The van der Waals surface area contributed by atoms with Gasteiger partial charge < -0.3 is 16.0 Å². The van der Waals surface area contributed by atoms with Crippen LogP contribution in [0.3, 0.4) is 0 Å². The molecule has 0 aromatic carbocycles. The van der Waals surface area contributed by atoms with Crippen LogP contribution in [0.2, 0.25) is 0 Å². The molecule has 5 heteroatoms. The van der Waals surface area contributed by atoms with E-state index in [1.54, 1.807) is 6.20 Å². The van der Waals surface area contributed by atoms with Crippen LogP contribution in [0.1, 0.15) is 30.9 Å². The first-order chi connectivity index (χ1) is 9.08. The van der Waals surface area contributed by atoms with Gasteiger partial charge in [0.2, 0.25) is 0 Å². The fraction of sp³-hybridized carbons (Fsp3) is 0.571. The molecule has 0 aliphatic carbocycles. The Kier molecular flexibility index (Phi) is 4.71. The lowest BCUT2D eigenvalue weighted by atomic mass is 10.1. The highest BCUT2D eigenvalue weighted by molar-refractivity contribution is 7.80. The minimum Gasteiger partial charge on any atom is -0.389 e. The number of thiocarbonyl (C=S) groups is 1. The van der Waals surface area contributed by atoms with Crippen molar-refractivity contribution in [2.45, 2.75) is 32.7 Å². The van der Waals surface area contributed by atoms with Gasteiger partial charge in [-0.15, -0.1) is 0 Å². The summed E-state index contributed by atoms with van der Waals surface area (Å²) in [6.07, 6.45) is 4.42. The molecule has 1 aromatic heterocycles. The van der Waals surface area contributed by atoms with Crippen molar-refractivity contribution in [1.29, 1.82) is 0 Å². The quantitative estimate of drug-likeness (QED) is 0.806. The van der Waals surface area contributed by atoms with E-state index in [0.29, 0.717) is 11.0 Å². The fourth-order valence-electron chi connectivity index (χ4n) is 2.61. The number of pyridine rings is 1. The number of hydrogen-bond donors (Lipinski definition) is 2. The zero-order valence-electron chi connectivity index (χ0n) is 11.6. The van der Waals surface area contributed by atoms with Crippen molar-refractivity contribution in [3.05, 3.63) is 23.4 Å². The largest absolute Gasteiger partial charge is 0.389 e. The maximum Gasteiger partial charge on any atom is 0.136 e. The van der Waals surface area contributed by atoms with Gasteiger partial charge in [0.15, 0.2) is 0 Å². The zero-order chi connectivity index (χ0) is 13.8. The monoisotopic (exact) mass is 278 g/mol. The molecule has 1 aliphatic heterocycles. The summed E-state index contributed by atoms with van der Waals surface area (Å²) >= 11 is 5.12. The summed E-state index contributed by atoms with van der Waals surface area (Å²) < 4.78 is 0. The lowest BCUT2D eigenvalue weighted by Gasteiger charge is -2.23. The van der Waals surface area contributed by atoms with Crippen LogP contribution >= 0.6 is 12.2 Å². The van der Waals surface area contributed by atoms with E-state index in [1.807, 2.05) is 13.0 Å². The highest BCUT2D eigenvalue weighted by atomic mass is 32.1. The molecular weight excluding hydrogens is 256 g/mol. The van der Waals surface area contributed by atoms with E-state index in [9.17, 15) is 0 Å². The Morgan fingerprint density at radius 3 is 2.84 bits per heavy atom. The molecule has 104 valence electrons. The third kappa shape index (κ3) is 3.64. The minimum atomic E-state index is 0.334. The van der Waals surface area contributed by atoms with Crippen LogP contribution in [0.4, 0.5) is 5.82 Å². The topological polar surface area (TPSA) is 54.2 Å². The van der Waals surface area contributed by atoms with Gasteiger partial charge in [-0.25, -0.2) is 4.98 Å². The molecule has 0 bridgehead atoms. The average molecular weight is 278 g/mol. The van der Waals surface area contributed by atoms with E-state index in [-0.39, 0.29) is 0 Å². The first-order valence-electron chi connectivity index (χ1n) is 6.82. The van der Waals surface area contributed by atoms with Crippen LogP contribution in [-0.2, 0) is 0 Å². The summed E-state index contributed by atoms with van der Waals surface area (Å²) in [5.74, 6) is 0.805. The van der Waals surface area contributed by atoms with E-state index in [4.69, 9.17) is 18.0 Å². The highest BCUT2D eigenvalue weighted by Crippen LogP contribution is 2.18. The highest BCUT2D eigenvalue weighted by Gasteiger charge is 2.16. The molecule has 0 spiro atoms. The van der Waals surface area contributed by atoms with Crippen molar-refractivity contribution >= 4 is 23.0 Å². The molecule has 1 aromatic rings. The summed E-state index contributed by atoms with van der Waals surface area (Å²) in [6, 6.07) is 2.27. The summed E-state index contributed by atoms with van der Waals surface area (Å²) in [5, 5.41) is 3.44. The van der Waals surface area contributed by atoms with Crippen molar-refractivity contribution in [2.75, 3.05) is 25.0 Å². The van der Waals surface area contributed by atoms with Gasteiger partial charge in [-0.05, 0) is 51.4 Å². The number of hydrogen-bond acceptors (Lipinski definition) is 4. The van der Waals surface area contributed by atoms with Crippen LogP contribution in [-0.4, -0.2) is 40.5 Å². The third-order valence-corrected chi connectivity index (χ3v) is 3.72. The van der Waals surface area contributed by atoms with Gasteiger partial charge in [0, 0.05) is 18.8 Å². The lowest BCUT2D eigenvalue weighted by molar-refractivity contribution is 0.327. The number of aryl methyl sites for hydroxylation is 1. The molecule has 1 unspecified atom stereocenters. The van der Waals surface area contributed by atoms with Crippen molar-refractivity contribution in [3.8, 4) is 0 Å². The van der Waals surface area contributed by atoms with Gasteiger partial charge in [-0.1, -0.05) is 12.2 Å². The van der Waals surface area contributed by atoms with Crippen molar-refractivity contribution in [2.24, 2.45) is 5.73 Å². The molecule has 2 heterocycles. The Morgan fingerprint density at radius 2 is 2.21 bits per heavy atom. The fourth-order valence-corrected chi connectivity index (χ4v) is 2.87. The third-order valence-electron chi connectivity index (χ3n) is 3.52. The molecule has 4 nitrogen and oxygen atoms in total. The Labute approximate surface area is 120 Å². The van der Waals surface area contributed by atoms with E-state index >= 15 is 0 Å². The van der Waals surface area contributed by atoms with Gasteiger partial charge in [-0.3, -0.25) is 0 Å². The second-order valence-corrected chi connectivity index (χ2v) is 5.71. The van der Waals surface area contributed by atoms with Crippen LogP contribution < -0.4 is 11.1 Å². The first kappa shape index (κ1) is 14.2. The molecule has 1 aliphatic rings. The standard InChI is InChI=1S/C14H22N4S/c1-10-5-6-16-14(12(10)13(15)19)17-11(2)9-18-7-3-4-8-18/h5-6,11H,3-4,7-9H2,1-2H3,(H2,15,19)(H,16,17). The second kappa shape index (κ2) is 6.30. The summed E-state index contributed by atoms with van der Waals surface area (Å²) in [4.78, 5) is 7.26. The SMILES string of the molecule is Cc1ccnc(NC(C)CN2CCCC2)c1C(N)=S. The maximum absolute atomic E-state index is 5.80. The molecule has 1 fully saturated rings. The predicted octanol–water partition coefficient (Wildman–Crippen LogP) is 1.92. The van der Waals surface area contributed by atoms with E-state index in [1.165, 1.54) is 25.9 Å². The van der Waals surface area contributed by atoms with Gasteiger partial charge in [0.05, 0.1) is 5.56 Å². The maximum atomic E-state index is 5.80. The normalized spacial score (nSPS) is 17.4. The molecule has 2 rings (SSSR count). The van der Waals surface area contributed by atoms with Crippen LogP contribution in [0.5, 0.6) is 0 Å². The molecule has 0 radical (unpaired) electrons. The Balaban J connectivity index is 2.05. The van der Waals surface area contributed by atoms with Crippen LogP contribution in [0, 0.1) is 6.92 Å². The van der Waals surface area contributed by atoms with Gasteiger partial charge in [0.1, 0.15) is 10.8 Å². The number of likely N-dealkylation sites (tertiary alicyclic amines) is 1. The van der Waals surface area contributed by atoms with Gasteiger partial charge in [-0.2, -0.15) is 0 Å². The van der Waals surface area contributed by atoms with E-state index < -0.39 is 0 Å². The van der Waals surface area contributed by atoms with Crippen LogP contribution in [0.25, 0.3) is 0 Å². The van der Waals surface area contributed by atoms with Crippen molar-refractivity contribution < 1.29 is 0 Å². The predicted molar refractivity (Wildman–Crippen MR) is 83.6 cm³/mol. The number of anilines is 1. The molecule has 1 saturated heterocycles. The second-order valence-electron chi connectivity index (χ2n) is 5.27. The Bertz CT molecular complexity index is 455. The number of aromatic nitrogens is 1. The van der Waals surface area contributed by atoms with Gasteiger partial charge >= 0.3 is 0 Å². The first-order valence-corrected chi connectivity index (χ1v) is 7.23. The minimum absolute atomic E-state index is 0.334. The molecule has 1 atom stereocenters. The number of nitrogens with zero attached hydrogens (tertiary/aromatic N) is 2. The molecule has 3 N–H and O–H groups in total. The molecule has 0 amide bonds. The molecular formula is C14H22N4S. The van der Waals surface area contributed by atoms with Crippen LogP contribution in [0.15, 0.2) is 12.3 Å². The zero-order valence-corrected chi connectivity index (χ0v) is 12.5. The smallest absolute Gasteiger partial charge is 0.136 e. The average Bonchev–Trinajstić information content (AvgIpc) is 2.81. The van der Waals surface area contributed by atoms with E-state index in [2.05, 4.69) is 22.1 Å². The van der Waals surface area contributed by atoms with Gasteiger partial charge in [0.25, 0.3) is 0 Å². The van der Waals surface area contributed by atoms with Crippen molar-refractivity contribution in [1.82, 2.24) is 9.88 Å². The molecule has 0 saturated carbocycles. The number of nitrogens with two attached hydrogens (primary N) is 1. The Morgan fingerprint density at radius 1 is 1.53 bits per heavy atom. The summed E-state index contributed by atoms with van der Waals surface area (Å²) in [5.41, 5.74) is 7.73. The Hall–Kier alpha value is -1.20. The summed E-state index contributed by atoms with van der Waals surface area (Å²) in [7, 11) is 0. The lowest BCUT2D eigenvalue weighted by Crippen LogP contribution is -2.34. The number of nitrogens with one attached hydrogen (secondary N) is 1. The summed E-state index contributed by atoms with van der Waals surface area (Å²) in [6.45, 7) is 7.62. The van der Waals surface area contributed by atoms with Crippen molar-refractivity contribution in [3.63, 3.8) is 0 Å².